The molecule has 1 amide bonds. The quantitative estimate of drug-likeness (QED) is 0.761. The molecule has 1 heterocycles. The highest BCUT2D eigenvalue weighted by molar-refractivity contribution is 7.89. The Bertz CT molecular complexity index is 726. The van der Waals surface area contributed by atoms with Crippen molar-refractivity contribution in [1.82, 2.24) is 9.62 Å². The van der Waals surface area contributed by atoms with Crippen LogP contribution in [0.1, 0.15) is 45.6 Å². The highest BCUT2D eigenvalue weighted by Gasteiger charge is 2.27. The van der Waals surface area contributed by atoms with E-state index in [1.54, 1.807) is 23.4 Å². The molecule has 6 nitrogen and oxygen atoms in total. The second-order valence-corrected chi connectivity index (χ2v) is 9.31. The van der Waals surface area contributed by atoms with E-state index >= 15 is 0 Å². The Balaban J connectivity index is 2.08. The number of aryl methyl sites for hydroxylation is 1. The fraction of sp³-hybridized carbons (Fsp3) is 0.632. The maximum atomic E-state index is 12.9. The van der Waals surface area contributed by atoms with Crippen LogP contribution in [0.15, 0.2) is 23.1 Å². The van der Waals surface area contributed by atoms with E-state index in [1.165, 1.54) is 0 Å². The van der Waals surface area contributed by atoms with Crippen molar-refractivity contribution in [3.8, 4) is 0 Å². The van der Waals surface area contributed by atoms with Gasteiger partial charge >= 0.3 is 0 Å². The van der Waals surface area contributed by atoms with Gasteiger partial charge in [0.15, 0.2) is 0 Å². The third kappa shape index (κ3) is 5.20. The molecule has 1 aromatic carbocycles. The van der Waals surface area contributed by atoms with Gasteiger partial charge in [-0.05, 0) is 50.3 Å². The van der Waals surface area contributed by atoms with Gasteiger partial charge in [0.25, 0.3) is 0 Å². The van der Waals surface area contributed by atoms with Crippen LogP contribution in [0, 0.1) is 12.8 Å². The first-order chi connectivity index (χ1) is 12.2. The number of carbonyl (C=O) groups excluding carboxylic acids is 1. The monoisotopic (exact) mass is 381 g/mol. The molecule has 1 aliphatic heterocycles. The number of anilines is 1. The van der Waals surface area contributed by atoms with Crippen molar-refractivity contribution in [2.75, 3.05) is 25.0 Å². The van der Waals surface area contributed by atoms with E-state index in [0.29, 0.717) is 29.6 Å². The summed E-state index contributed by atoms with van der Waals surface area (Å²) in [5.74, 6) is 0.256. The lowest BCUT2D eigenvalue weighted by Gasteiger charge is -2.26. The fourth-order valence-electron chi connectivity index (χ4n) is 2.89. The number of nitrogens with one attached hydrogen (secondary N) is 2. The summed E-state index contributed by atoms with van der Waals surface area (Å²) in [7, 11) is -3.49. The molecule has 1 fully saturated rings. The third-order valence-electron chi connectivity index (χ3n) is 4.96. The molecule has 2 N–H and O–H groups in total. The number of rotatable bonds is 7. The average molecular weight is 382 g/mol. The number of hydrogen-bond donors (Lipinski definition) is 2. The number of nitrogens with zero attached hydrogens (tertiary/aromatic N) is 1. The highest BCUT2D eigenvalue weighted by Crippen LogP contribution is 2.25. The first-order valence-corrected chi connectivity index (χ1v) is 10.8. The Hall–Kier alpha value is -1.60. The van der Waals surface area contributed by atoms with Gasteiger partial charge in [-0.25, -0.2) is 8.42 Å². The van der Waals surface area contributed by atoms with E-state index in [-0.39, 0.29) is 18.5 Å². The SMILES string of the molecule is Cc1ccc(NCC(=O)NC(C)C(C)C)cc1S(=O)(=O)N1CCCCC1. The fourth-order valence-corrected chi connectivity index (χ4v) is 4.65. The molecular formula is C19H31N3O3S. The first kappa shape index (κ1) is 20.7. The van der Waals surface area contributed by atoms with Crippen LogP contribution in [-0.4, -0.2) is 44.3 Å². The van der Waals surface area contributed by atoms with Gasteiger partial charge in [-0.2, -0.15) is 4.31 Å². The summed E-state index contributed by atoms with van der Waals surface area (Å²) in [6, 6.07) is 5.33. The van der Waals surface area contributed by atoms with Gasteiger partial charge in [-0.15, -0.1) is 0 Å². The van der Waals surface area contributed by atoms with E-state index in [9.17, 15) is 13.2 Å². The summed E-state index contributed by atoms with van der Waals surface area (Å²) in [4.78, 5) is 12.3. The Morgan fingerprint density at radius 2 is 1.81 bits per heavy atom. The van der Waals surface area contributed by atoms with Crippen LogP contribution in [-0.2, 0) is 14.8 Å². The minimum Gasteiger partial charge on any atom is -0.376 e. The van der Waals surface area contributed by atoms with E-state index in [4.69, 9.17) is 0 Å². The van der Waals surface area contributed by atoms with E-state index in [2.05, 4.69) is 24.5 Å². The van der Waals surface area contributed by atoms with Crippen molar-refractivity contribution in [3.63, 3.8) is 0 Å². The molecular weight excluding hydrogens is 350 g/mol. The van der Waals surface area contributed by atoms with Crippen molar-refractivity contribution in [2.24, 2.45) is 5.92 Å². The lowest BCUT2D eigenvalue weighted by Crippen LogP contribution is -2.39. The molecule has 1 unspecified atom stereocenters. The average Bonchev–Trinajstić information content (AvgIpc) is 2.61. The van der Waals surface area contributed by atoms with Crippen LogP contribution in [0.5, 0.6) is 0 Å². The van der Waals surface area contributed by atoms with Crippen LogP contribution < -0.4 is 10.6 Å². The van der Waals surface area contributed by atoms with Crippen LogP contribution in [0.3, 0.4) is 0 Å². The number of benzene rings is 1. The molecule has 0 bridgehead atoms. The van der Waals surface area contributed by atoms with Gasteiger partial charge < -0.3 is 10.6 Å². The molecule has 1 aromatic rings. The van der Waals surface area contributed by atoms with Gasteiger partial charge in [0.05, 0.1) is 11.4 Å². The molecule has 0 saturated carbocycles. The van der Waals surface area contributed by atoms with Gasteiger partial charge in [0.2, 0.25) is 15.9 Å². The third-order valence-corrected chi connectivity index (χ3v) is 7.00. The van der Waals surface area contributed by atoms with Crippen LogP contribution in [0.4, 0.5) is 5.69 Å². The van der Waals surface area contributed by atoms with Crippen LogP contribution >= 0.6 is 0 Å². The standard InChI is InChI=1S/C19H31N3O3S/c1-14(2)16(4)21-19(23)13-20-17-9-8-15(3)18(12-17)26(24,25)22-10-6-5-7-11-22/h8-9,12,14,16,20H,5-7,10-11,13H2,1-4H3,(H,21,23). The zero-order chi connectivity index (χ0) is 19.3. The topological polar surface area (TPSA) is 78.5 Å². The lowest BCUT2D eigenvalue weighted by molar-refractivity contribution is -0.120. The molecule has 1 atom stereocenters. The minimum atomic E-state index is -3.49. The second kappa shape index (κ2) is 8.86. The maximum absolute atomic E-state index is 12.9. The van der Waals surface area contributed by atoms with E-state index < -0.39 is 10.0 Å². The number of carbonyl (C=O) groups is 1. The molecule has 0 aromatic heterocycles. The smallest absolute Gasteiger partial charge is 0.243 e. The normalized spacial score (nSPS) is 17.1. The lowest BCUT2D eigenvalue weighted by atomic mass is 10.1. The molecule has 0 aliphatic carbocycles. The molecule has 1 saturated heterocycles. The number of hydrogen-bond acceptors (Lipinski definition) is 4. The predicted molar refractivity (Wildman–Crippen MR) is 105 cm³/mol. The molecule has 0 radical (unpaired) electrons. The molecule has 0 spiro atoms. The van der Waals surface area contributed by atoms with Gasteiger partial charge in [0, 0.05) is 24.8 Å². The summed E-state index contributed by atoms with van der Waals surface area (Å²) in [6.45, 7) is 9.15. The second-order valence-electron chi connectivity index (χ2n) is 7.40. The minimum absolute atomic E-state index is 0.0948. The number of sulfonamides is 1. The predicted octanol–water partition coefficient (Wildman–Crippen LogP) is 2.74. The van der Waals surface area contributed by atoms with Crippen molar-refractivity contribution >= 4 is 21.6 Å². The highest BCUT2D eigenvalue weighted by atomic mass is 32.2. The molecule has 1 aliphatic rings. The summed E-state index contributed by atoms with van der Waals surface area (Å²) in [6.07, 6.45) is 2.89. The zero-order valence-corrected chi connectivity index (χ0v) is 17.0. The molecule has 7 heteroatoms. The van der Waals surface area contributed by atoms with Crippen molar-refractivity contribution in [2.45, 2.75) is 57.9 Å². The zero-order valence-electron chi connectivity index (χ0n) is 16.2. The summed E-state index contributed by atoms with van der Waals surface area (Å²) >= 11 is 0. The Morgan fingerprint density at radius 1 is 1.15 bits per heavy atom. The van der Waals surface area contributed by atoms with Gasteiger partial charge in [-0.3, -0.25) is 4.79 Å². The molecule has 2 rings (SSSR count). The first-order valence-electron chi connectivity index (χ1n) is 9.36. The number of piperidine rings is 1. The largest absolute Gasteiger partial charge is 0.376 e. The van der Waals surface area contributed by atoms with E-state index in [0.717, 1.165) is 24.8 Å². The van der Waals surface area contributed by atoms with E-state index in [1.807, 2.05) is 13.0 Å². The summed E-state index contributed by atoms with van der Waals surface area (Å²) in [5.41, 5.74) is 1.36. The summed E-state index contributed by atoms with van der Waals surface area (Å²) < 4.78 is 27.4. The molecule has 26 heavy (non-hydrogen) atoms. The maximum Gasteiger partial charge on any atom is 0.243 e. The van der Waals surface area contributed by atoms with Gasteiger partial charge in [0.1, 0.15) is 0 Å². The Labute approximate surface area is 157 Å². The van der Waals surface area contributed by atoms with Crippen molar-refractivity contribution < 1.29 is 13.2 Å². The number of amides is 1. The Kier molecular flexibility index (Phi) is 7.06. The molecule has 146 valence electrons. The Morgan fingerprint density at radius 3 is 2.42 bits per heavy atom. The van der Waals surface area contributed by atoms with Crippen molar-refractivity contribution in [1.29, 1.82) is 0 Å². The van der Waals surface area contributed by atoms with Gasteiger partial charge in [-0.1, -0.05) is 26.3 Å². The van der Waals surface area contributed by atoms with Crippen molar-refractivity contribution in [3.05, 3.63) is 23.8 Å². The van der Waals surface area contributed by atoms with Crippen LogP contribution in [0.25, 0.3) is 0 Å². The summed E-state index contributed by atoms with van der Waals surface area (Å²) in [5, 5.41) is 5.97. The van der Waals surface area contributed by atoms with Crippen LogP contribution in [0.2, 0.25) is 0 Å².